The Morgan fingerprint density at radius 3 is 2.31 bits per heavy atom. The van der Waals surface area contributed by atoms with Crippen LogP contribution in [0.15, 0.2) is 0 Å². The summed E-state index contributed by atoms with van der Waals surface area (Å²) in [5, 5.41) is 0. The molecule has 1 fully saturated rings. The van der Waals surface area contributed by atoms with Gasteiger partial charge in [-0.15, -0.1) is 0 Å². The molecule has 94 valence electrons. The highest BCUT2D eigenvalue weighted by molar-refractivity contribution is 5.77. The van der Waals surface area contributed by atoms with Crippen molar-refractivity contribution in [2.75, 3.05) is 13.6 Å². The quantitative estimate of drug-likeness (QED) is 0.813. The predicted molar refractivity (Wildman–Crippen MR) is 53.7 cm³/mol. The monoisotopic (exact) mass is 238 g/mol. The third kappa shape index (κ3) is 4.00. The first-order valence-corrected chi connectivity index (χ1v) is 5.31. The van der Waals surface area contributed by atoms with Crippen LogP contribution in [0.4, 0.5) is 13.2 Å². The van der Waals surface area contributed by atoms with Crippen molar-refractivity contribution >= 4 is 5.91 Å². The highest BCUT2D eigenvalue weighted by Gasteiger charge is 2.36. The van der Waals surface area contributed by atoms with Gasteiger partial charge in [-0.05, 0) is 12.8 Å². The molecule has 16 heavy (non-hydrogen) atoms. The van der Waals surface area contributed by atoms with Crippen LogP contribution in [0.25, 0.3) is 0 Å². The summed E-state index contributed by atoms with van der Waals surface area (Å²) in [6.45, 7) is -1.21. The first kappa shape index (κ1) is 13.3. The molecule has 1 amide bonds. The molecule has 6 heteroatoms. The van der Waals surface area contributed by atoms with Crippen molar-refractivity contribution < 1.29 is 18.0 Å². The van der Waals surface area contributed by atoms with Crippen LogP contribution in [0.2, 0.25) is 0 Å². The molecule has 1 aliphatic carbocycles. The molecule has 0 aliphatic heterocycles. The predicted octanol–water partition coefficient (Wildman–Crippen LogP) is 1.67. The molecule has 1 rings (SSSR count). The zero-order valence-corrected chi connectivity index (χ0v) is 9.31. The van der Waals surface area contributed by atoms with E-state index in [1.807, 2.05) is 0 Å². The average Bonchev–Trinajstić information content (AvgIpc) is 2.48. The molecule has 0 spiro atoms. The number of amides is 1. The van der Waals surface area contributed by atoms with Gasteiger partial charge in [0.15, 0.2) is 0 Å². The van der Waals surface area contributed by atoms with E-state index in [2.05, 4.69) is 0 Å². The van der Waals surface area contributed by atoms with E-state index < -0.39 is 24.2 Å². The third-order valence-electron chi connectivity index (χ3n) is 2.94. The third-order valence-corrected chi connectivity index (χ3v) is 2.94. The molecule has 3 nitrogen and oxygen atoms in total. The van der Waals surface area contributed by atoms with Gasteiger partial charge < -0.3 is 10.6 Å². The minimum atomic E-state index is -4.35. The van der Waals surface area contributed by atoms with Gasteiger partial charge in [-0.2, -0.15) is 13.2 Å². The van der Waals surface area contributed by atoms with E-state index in [1.54, 1.807) is 0 Å². The Hall–Kier alpha value is -0.780. The normalized spacial score (nSPS) is 19.8. The van der Waals surface area contributed by atoms with Crippen molar-refractivity contribution in [1.82, 2.24) is 4.90 Å². The maximum Gasteiger partial charge on any atom is 0.406 e. The van der Waals surface area contributed by atoms with Gasteiger partial charge in [0.1, 0.15) is 6.54 Å². The molecule has 1 aliphatic rings. The second kappa shape index (κ2) is 4.61. The van der Waals surface area contributed by atoms with E-state index in [0.29, 0.717) is 4.90 Å². The number of nitrogens with zero attached hydrogens (tertiary/aromatic N) is 1. The van der Waals surface area contributed by atoms with Crippen molar-refractivity contribution in [1.29, 1.82) is 0 Å². The van der Waals surface area contributed by atoms with Gasteiger partial charge in [-0.1, -0.05) is 12.8 Å². The van der Waals surface area contributed by atoms with Crippen LogP contribution in [-0.2, 0) is 4.79 Å². The molecule has 1 saturated carbocycles. The number of rotatable bonds is 3. The molecule has 0 bridgehead atoms. The maximum absolute atomic E-state index is 12.1. The molecular formula is C10H17F3N2O. The highest BCUT2D eigenvalue weighted by atomic mass is 19.4. The lowest BCUT2D eigenvalue weighted by Crippen LogP contribution is -2.44. The Bertz CT molecular complexity index is 259. The fourth-order valence-corrected chi connectivity index (χ4v) is 2.05. The molecule has 0 radical (unpaired) electrons. The maximum atomic E-state index is 12.1. The number of hydrogen-bond acceptors (Lipinski definition) is 2. The van der Waals surface area contributed by atoms with Crippen molar-refractivity contribution in [3.63, 3.8) is 0 Å². The molecule has 2 N–H and O–H groups in total. The summed E-state index contributed by atoms with van der Waals surface area (Å²) in [6, 6.07) is 0. The lowest BCUT2D eigenvalue weighted by Gasteiger charge is -2.26. The topological polar surface area (TPSA) is 46.3 Å². The lowest BCUT2D eigenvalue weighted by atomic mass is 9.94. The Kier molecular flexibility index (Phi) is 3.83. The zero-order chi connectivity index (χ0) is 12.4. The summed E-state index contributed by atoms with van der Waals surface area (Å²) in [5.74, 6) is -0.526. The van der Waals surface area contributed by atoms with Gasteiger partial charge in [0, 0.05) is 19.0 Å². The number of carbonyl (C=O) groups is 1. The van der Waals surface area contributed by atoms with Crippen LogP contribution in [-0.4, -0.2) is 36.1 Å². The van der Waals surface area contributed by atoms with Crippen LogP contribution >= 0.6 is 0 Å². The van der Waals surface area contributed by atoms with Gasteiger partial charge in [0.05, 0.1) is 0 Å². The number of halogens is 3. The van der Waals surface area contributed by atoms with Gasteiger partial charge in [0.2, 0.25) is 5.91 Å². The van der Waals surface area contributed by atoms with Gasteiger partial charge in [-0.25, -0.2) is 0 Å². The van der Waals surface area contributed by atoms with E-state index in [4.69, 9.17) is 5.73 Å². The second-order valence-corrected chi connectivity index (χ2v) is 4.61. The van der Waals surface area contributed by atoms with Crippen LogP contribution in [0.5, 0.6) is 0 Å². The lowest BCUT2D eigenvalue weighted by molar-refractivity contribution is -0.159. The molecular weight excluding hydrogens is 221 g/mol. The van der Waals surface area contributed by atoms with Crippen molar-refractivity contribution in [2.45, 2.75) is 43.8 Å². The Balaban J connectivity index is 2.45. The Morgan fingerprint density at radius 2 is 1.88 bits per heavy atom. The molecule has 0 aromatic rings. The summed E-state index contributed by atoms with van der Waals surface area (Å²) < 4.78 is 36.2. The fraction of sp³-hybridized carbons (Fsp3) is 0.900. The molecule has 0 atom stereocenters. The van der Waals surface area contributed by atoms with E-state index in [9.17, 15) is 18.0 Å². The smallest absolute Gasteiger partial charge is 0.337 e. The Morgan fingerprint density at radius 1 is 1.38 bits per heavy atom. The molecule has 0 heterocycles. The summed E-state index contributed by atoms with van der Waals surface area (Å²) in [4.78, 5) is 12.2. The van der Waals surface area contributed by atoms with Crippen molar-refractivity contribution in [3.05, 3.63) is 0 Å². The van der Waals surface area contributed by atoms with Gasteiger partial charge >= 0.3 is 6.18 Å². The number of carbonyl (C=O) groups excluding carboxylic acids is 1. The number of nitrogens with two attached hydrogens (primary N) is 1. The molecule has 0 unspecified atom stereocenters. The van der Waals surface area contributed by atoms with Crippen LogP contribution in [0.1, 0.15) is 32.1 Å². The number of hydrogen-bond donors (Lipinski definition) is 1. The minimum Gasteiger partial charge on any atom is -0.337 e. The first-order chi connectivity index (χ1) is 7.22. The van der Waals surface area contributed by atoms with E-state index in [0.717, 1.165) is 32.7 Å². The van der Waals surface area contributed by atoms with Crippen LogP contribution in [0, 0.1) is 0 Å². The fourth-order valence-electron chi connectivity index (χ4n) is 2.05. The molecule has 0 aromatic carbocycles. The average molecular weight is 238 g/mol. The molecule has 0 aromatic heterocycles. The highest BCUT2D eigenvalue weighted by Crippen LogP contribution is 2.30. The first-order valence-electron chi connectivity index (χ1n) is 5.31. The number of alkyl halides is 3. The van der Waals surface area contributed by atoms with Crippen LogP contribution < -0.4 is 5.73 Å². The SMILES string of the molecule is CN(CC(F)(F)F)C(=O)CC1(N)CCCC1. The van der Waals surface area contributed by atoms with E-state index >= 15 is 0 Å². The molecule has 0 saturated heterocycles. The van der Waals surface area contributed by atoms with Crippen LogP contribution in [0.3, 0.4) is 0 Å². The van der Waals surface area contributed by atoms with Gasteiger partial charge in [0.25, 0.3) is 0 Å². The zero-order valence-electron chi connectivity index (χ0n) is 9.31. The van der Waals surface area contributed by atoms with E-state index in [1.165, 1.54) is 0 Å². The minimum absolute atomic E-state index is 0.0135. The van der Waals surface area contributed by atoms with E-state index in [-0.39, 0.29) is 6.42 Å². The largest absolute Gasteiger partial charge is 0.406 e. The summed E-state index contributed by atoms with van der Waals surface area (Å²) >= 11 is 0. The standard InChI is InChI=1S/C10H17F3N2O/c1-15(7-10(11,12)13)8(16)6-9(14)4-2-3-5-9/h2-7,14H2,1H3. The Labute approximate surface area is 92.8 Å². The van der Waals surface area contributed by atoms with Crippen molar-refractivity contribution in [3.8, 4) is 0 Å². The van der Waals surface area contributed by atoms with Crippen molar-refractivity contribution in [2.24, 2.45) is 5.73 Å². The van der Waals surface area contributed by atoms with Gasteiger partial charge in [-0.3, -0.25) is 4.79 Å². The summed E-state index contributed by atoms with van der Waals surface area (Å²) in [7, 11) is 1.16. The second-order valence-electron chi connectivity index (χ2n) is 4.61. The summed E-state index contributed by atoms with van der Waals surface area (Å²) in [6.07, 6.45) is -0.988. The summed E-state index contributed by atoms with van der Waals surface area (Å²) in [5.41, 5.74) is 5.35.